The zero-order chi connectivity index (χ0) is 23.7. The van der Waals surface area contributed by atoms with Gasteiger partial charge in [-0.15, -0.1) is 0 Å². The second kappa shape index (κ2) is 7.84. The predicted octanol–water partition coefficient (Wildman–Crippen LogP) is 9.21. The molecular formula is C35H33N. The minimum absolute atomic E-state index is 0.192. The van der Waals surface area contributed by atoms with Gasteiger partial charge in [0, 0.05) is 22.4 Å². The quantitative estimate of drug-likeness (QED) is 0.317. The molecule has 1 N–H and O–H groups in total. The van der Waals surface area contributed by atoms with Gasteiger partial charge in [0.2, 0.25) is 0 Å². The van der Waals surface area contributed by atoms with Crippen LogP contribution in [0.15, 0.2) is 97.1 Å². The molecule has 0 heterocycles. The van der Waals surface area contributed by atoms with E-state index in [9.17, 15) is 0 Å². The predicted molar refractivity (Wildman–Crippen MR) is 149 cm³/mol. The summed E-state index contributed by atoms with van der Waals surface area (Å²) in [5.41, 5.74) is 11.3. The Balaban J connectivity index is 1.26. The Kier molecular flexibility index (Phi) is 4.54. The van der Waals surface area contributed by atoms with Gasteiger partial charge < -0.3 is 5.32 Å². The number of rotatable bonds is 3. The van der Waals surface area contributed by atoms with Gasteiger partial charge in [-0.1, -0.05) is 78.9 Å². The molecule has 5 aliphatic carbocycles. The molecule has 0 saturated heterocycles. The number of anilines is 2. The molecule has 4 aromatic carbocycles. The third-order valence-corrected chi connectivity index (χ3v) is 10.0. The van der Waals surface area contributed by atoms with Crippen molar-refractivity contribution in [3.63, 3.8) is 0 Å². The van der Waals surface area contributed by atoms with Crippen LogP contribution >= 0.6 is 0 Å². The van der Waals surface area contributed by atoms with Gasteiger partial charge in [-0.2, -0.15) is 0 Å². The number of fused-ring (bicyclic) bond motifs is 3. The Hall–Kier alpha value is -3.32. The third kappa shape index (κ3) is 3.01. The molecule has 0 aliphatic heterocycles. The number of nitrogens with one attached hydrogen (secondary N) is 1. The Bertz CT molecular complexity index is 1440. The normalized spacial score (nSPS) is 29.1. The summed E-state index contributed by atoms with van der Waals surface area (Å²) in [6, 6.07) is 36.1. The molecule has 1 spiro atoms. The Morgan fingerprint density at radius 2 is 1.22 bits per heavy atom. The highest BCUT2D eigenvalue weighted by Crippen LogP contribution is 2.65. The first-order valence-corrected chi connectivity index (χ1v) is 13.9. The van der Waals surface area contributed by atoms with Crippen LogP contribution in [0.2, 0.25) is 0 Å². The van der Waals surface area contributed by atoms with Gasteiger partial charge in [0.15, 0.2) is 0 Å². The monoisotopic (exact) mass is 467 g/mol. The summed E-state index contributed by atoms with van der Waals surface area (Å²) >= 11 is 0. The average Bonchev–Trinajstić information content (AvgIpc) is 3.05. The van der Waals surface area contributed by atoms with Crippen LogP contribution in [-0.2, 0) is 5.41 Å². The van der Waals surface area contributed by atoms with Gasteiger partial charge in [0.1, 0.15) is 0 Å². The van der Waals surface area contributed by atoms with Gasteiger partial charge in [-0.3, -0.25) is 0 Å². The minimum atomic E-state index is 0.192. The summed E-state index contributed by atoms with van der Waals surface area (Å²) in [6.07, 6.45) is 8.63. The molecule has 9 rings (SSSR count). The van der Waals surface area contributed by atoms with E-state index in [-0.39, 0.29) is 5.41 Å². The highest BCUT2D eigenvalue weighted by molar-refractivity contribution is 5.85. The van der Waals surface area contributed by atoms with Crippen LogP contribution in [0.25, 0.3) is 22.3 Å². The lowest BCUT2D eigenvalue weighted by Gasteiger charge is -2.43. The number of para-hydroxylation sites is 1. The standard InChI is InChI=1S/C35H33N/c1-2-8-26(9-3-1)29-10-5-7-13-34(29)36-28-14-15-31-30-11-4-6-12-32(30)35(33(31)21-28)22-25-17-23-16-24(18-25)20-27(35)19-23/h1-15,21,23-25,27,36H,16-20,22H2. The maximum atomic E-state index is 3.84. The zero-order valence-corrected chi connectivity index (χ0v) is 20.8. The van der Waals surface area contributed by atoms with Gasteiger partial charge in [0.05, 0.1) is 0 Å². The molecule has 4 saturated carbocycles. The average molecular weight is 468 g/mol. The summed E-state index contributed by atoms with van der Waals surface area (Å²) in [5.74, 6) is 3.59. The second-order valence-corrected chi connectivity index (χ2v) is 12.0. The van der Waals surface area contributed by atoms with Crippen molar-refractivity contribution < 1.29 is 0 Å². The Labute approximate surface area is 214 Å². The summed E-state index contributed by atoms with van der Waals surface area (Å²) in [5, 5.41) is 3.84. The summed E-state index contributed by atoms with van der Waals surface area (Å²) in [6.45, 7) is 0. The van der Waals surface area contributed by atoms with Crippen molar-refractivity contribution in [3.05, 3.63) is 108 Å². The molecule has 3 atom stereocenters. The van der Waals surface area contributed by atoms with E-state index in [0.29, 0.717) is 0 Å². The zero-order valence-electron chi connectivity index (χ0n) is 20.8. The molecule has 0 radical (unpaired) electrons. The van der Waals surface area contributed by atoms with Crippen LogP contribution in [0.5, 0.6) is 0 Å². The van der Waals surface area contributed by atoms with Crippen LogP contribution in [-0.4, -0.2) is 0 Å². The van der Waals surface area contributed by atoms with E-state index < -0.39 is 0 Å². The highest BCUT2D eigenvalue weighted by Gasteiger charge is 2.56. The van der Waals surface area contributed by atoms with Gasteiger partial charge in [-0.05, 0) is 108 Å². The van der Waals surface area contributed by atoms with Gasteiger partial charge in [-0.25, -0.2) is 0 Å². The summed E-state index contributed by atoms with van der Waals surface area (Å²) in [4.78, 5) is 0. The van der Waals surface area contributed by atoms with Crippen molar-refractivity contribution in [3.8, 4) is 22.3 Å². The SMILES string of the molecule is c1ccc(-c2ccccc2Nc2ccc3c(c2)C2(CC4CC5CC(C4)CC2C5)c2ccccc2-3)cc1. The number of hydrogen-bond acceptors (Lipinski definition) is 1. The van der Waals surface area contributed by atoms with Crippen LogP contribution in [0.1, 0.15) is 49.7 Å². The topological polar surface area (TPSA) is 12.0 Å². The van der Waals surface area contributed by atoms with Crippen molar-refractivity contribution in [1.29, 1.82) is 0 Å². The van der Waals surface area contributed by atoms with Crippen LogP contribution < -0.4 is 5.32 Å². The van der Waals surface area contributed by atoms with Gasteiger partial charge in [0.25, 0.3) is 0 Å². The van der Waals surface area contributed by atoms with Crippen LogP contribution in [0.3, 0.4) is 0 Å². The third-order valence-electron chi connectivity index (χ3n) is 10.0. The fraction of sp³-hybridized carbons (Fsp3) is 0.314. The molecule has 0 aromatic heterocycles. The second-order valence-electron chi connectivity index (χ2n) is 12.0. The van der Waals surface area contributed by atoms with Gasteiger partial charge >= 0.3 is 0 Å². The smallest absolute Gasteiger partial charge is 0.0463 e. The number of benzene rings is 4. The number of hydrogen-bond donors (Lipinski definition) is 1. The first-order chi connectivity index (χ1) is 17.8. The molecule has 0 amide bonds. The Morgan fingerprint density at radius 3 is 2.06 bits per heavy atom. The first kappa shape index (κ1) is 20.8. The summed E-state index contributed by atoms with van der Waals surface area (Å²) < 4.78 is 0. The molecular weight excluding hydrogens is 434 g/mol. The molecule has 4 bridgehead atoms. The van der Waals surface area contributed by atoms with Crippen LogP contribution in [0.4, 0.5) is 11.4 Å². The fourth-order valence-corrected chi connectivity index (χ4v) is 8.93. The molecule has 1 nitrogen and oxygen atoms in total. The van der Waals surface area contributed by atoms with E-state index in [0.717, 1.165) is 23.7 Å². The molecule has 3 unspecified atom stereocenters. The van der Waals surface area contributed by atoms with Crippen molar-refractivity contribution in [1.82, 2.24) is 0 Å². The van der Waals surface area contributed by atoms with Crippen molar-refractivity contribution >= 4 is 11.4 Å². The van der Waals surface area contributed by atoms with E-state index in [4.69, 9.17) is 0 Å². The lowest BCUT2D eigenvalue weighted by molar-refractivity contribution is 0.124. The molecule has 1 heteroatoms. The van der Waals surface area contributed by atoms with Crippen molar-refractivity contribution in [2.45, 2.75) is 43.9 Å². The van der Waals surface area contributed by atoms with Crippen molar-refractivity contribution in [2.24, 2.45) is 23.7 Å². The van der Waals surface area contributed by atoms with Crippen LogP contribution in [0, 0.1) is 23.7 Å². The van der Waals surface area contributed by atoms with E-state index in [2.05, 4.69) is 102 Å². The van der Waals surface area contributed by atoms with E-state index in [1.165, 1.54) is 72.2 Å². The summed E-state index contributed by atoms with van der Waals surface area (Å²) in [7, 11) is 0. The maximum absolute atomic E-state index is 3.84. The molecule has 4 fully saturated rings. The van der Waals surface area contributed by atoms with E-state index in [1.807, 2.05) is 0 Å². The Morgan fingerprint density at radius 1 is 0.556 bits per heavy atom. The highest BCUT2D eigenvalue weighted by atomic mass is 14.9. The molecule has 5 aliphatic rings. The lowest BCUT2D eigenvalue weighted by atomic mass is 9.61. The maximum Gasteiger partial charge on any atom is 0.0463 e. The lowest BCUT2D eigenvalue weighted by Crippen LogP contribution is -2.36. The van der Waals surface area contributed by atoms with Crippen molar-refractivity contribution in [2.75, 3.05) is 5.32 Å². The van der Waals surface area contributed by atoms with E-state index >= 15 is 0 Å². The fourth-order valence-electron chi connectivity index (χ4n) is 8.93. The molecule has 4 aromatic rings. The first-order valence-electron chi connectivity index (χ1n) is 13.9. The minimum Gasteiger partial charge on any atom is -0.355 e. The molecule has 178 valence electrons. The van der Waals surface area contributed by atoms with E-state index in [1.54, 1.807) is 11.1 Å². The molecule has 36 heavy (non-hydrogen) atoms. The largest absolute Gasteiger partial charge is 0.355 e.